The van der Waals surface area contributed by atoms with Crippen molar-refractivity contribution in [3.8, 4) is 0 Å². The van der Waals surface area contributed by atoms with E-state index in [4.69, 9.17) is 5.10 Å². The van der Waals surface area contributed by atoms with E-state index in [-0.39, 0.29) is 0 Å². The second kappa shape index (κ2) is 11.4. The number of rotatable bonds is 8. The summed E-state index contributed by atoms with van der Waals surface area (Å²) < 4.78 is 0. The lowest BCUT2D eigenvalue weighted by Crippen LogP contribution is -2.10. The molecule has 0 bridgehead atoms. The third-order valence-electron chi connectivity index (χ3n) is 6.33. The molecule has 0 aliphatic rings. The third-order valence-corrected chi connectivity index (χ3v) is 6.33. The molecule has 4 nitrogen and oxygen atoms in total. The minimum atomic E-state index is 0.632. The molecule has 4 heteroatoms. The van der Waals surface area contributed by atoms with Crippen LogP contribution in [0.4, 0.5) is 28.4 Å². The highest BCUT2D eigenvalue weighted by Crippen LogP contribution is 2.34. The van der Waals surface area contributed by atoms with Crippen LogP contribution in [0, 0.1) is 13.8 Å². The molecule has 5 aromatic carbocycles. The first-order valence-corrected chi connectivity index (χ1v) is 12.6. The Morgan fingerprint density at radius 2 is 0.921 bits per heavy atom. The smallest absolute Gasteiger partial charge is 0.150 e. The summed E-state index contributed by atoms with van der Waals surface area (Å²) in [6.07, 6.45) is 2.70. The maximum absolute atomic E-state index is 11.1. The van der Waals surface area contributed by atoms with Gasteiger partial charge in [0.1, 0.15) is 6.29 Å². The maximum Gasteiger partial charge on any atom is 0.150 e. The number of aldehydes is 1. The Balaban J connectivity index is 1.46. The number of nitrogens with zero attached hydrogens (tertiary/aromatic N) is 3. The van der Waals surface area contributed by atoms with E-state index in [0.717, 1.165) is 40.3 Å². The molecule has 0 N–H and O–H groups in total. The van der Waals surface area contributed by atoms with E-state index < -0.39 is 0 Å². The molecule has 0 aliphatic heterocycles. The van der Waals surface area contributed by atoms with E-state index in [2.05, 4.69) is 91.5 Å². The zero-order valence-electron chi connectivity index (χ0n) is 21.5. The molecule has 0 saturated carbocycles. The lowest BCUT2D eigenvalue weighted by molar-refractivity contribution is 0.112. The van der Waals surface area contributed by atoms with E-state index in [1.54, 1.807) is 12.1 Å². The normalized spacial score (nSPS) is 10.9. The Kier molecular flexibility index (Phi) is 7.42. The van der Waals surface area contributed by atoms with E-state index in [9.17, 15) is 4.79 Å². The van der Waals surface area contributed by atoms with Crippen molar-refractivity contribution in [2.24, 2.45) is 5.10 Å². The minimum Gasteiger partial charge on any atom is -0.311 e. The lowest BCUT2D eigenvalue weighted by Gasteiger charge is -2.26. The van der Waals surface area contributed by atoms with Gasteiger partial charge >= 0.3 is 0 Å². The summed E-state index contributed by atoms with van der Waals surface area (Å²) in [7, 11) is 0. The Morgan fingerprint density at radius 1 is 0.500 bits per heavy atom. The van der Waals surface area contributed by atoms with Gasteiger partial charge in [-0.1, -0.05) is 65.7 Å². The van der Waals surface area contributed by atoms with Gasteiger partial charge in [-0.3, -0.25) is 4.79 Å². The number of hydrogen-bond donors (Lipinski definition) is 0. The Labute approximate surface area is 224 Å². The van der Waals surface area contributed by atoms with Crippen LogP contribution in [-0.2, 0) is 0 Å². The van der Waals surface area contributed by atoms with Crippen LogP contribution in [0.15, 0.2) is 132 Å². The van der Waals surface area contributed by atoms with Crippen molar-refractivity contribution < 1.29 is 4.79 Å². The zero-order chi connectivity index (χ0) is 26.3. The predicted octanol–water partition coefficient (Wildman–Crippen LogP) is 8.76. The van der Waals surface area contributed by atoms with E-state index in [0.29, 0.717) is 5.56 Å². The number of aryl methyl sites for hydroxylation is 2. The molecule has 0 spiro atoms. The molecule has 0 fully saturated rings. The standard InChI is InChI=1S/C34H29N3O/c1-26-8-16-30(17-9-26)36(31-18-10-27(2)11-19-31)32-20-12-28(13-21-32)24-35-37(33-6-4-3-5-7-33)34-22-14-29(25-38)15-23-34/h3-25H,1-2H3/b35-24+. The molecule has 38 heavy (non-hydrogen) atoms. The molecule has 0 aromatic heterocycles. The molecule has 0 unspecified atom stereocenters. The number of carbonyl (C=O) groups is 1. The third kappa shape index (κ3) is 5.71. The lowest BCUT2D eigenvalue weighted by atomic mass is 10.1. The van der Waals surface area contributed by atoms with Gasteiger partial charge < -0.3 is 4.90 Å². The van der Waals surface area contributed by atoms with Crippen molar-refractivity contribution in [1.29, 1.82) is 0 Å². The highest BCUT2D eigenvalue weighted by Gasteiger charge is 2.12. The van der Waals surface area contributed by atoms with Crippen molar-refractivity contribution in [3.05, 3.63) is 150 Å². The summed E-state index contributed by atoms with van der Waals surface area (Å²) >= 11 is 0. The topological polar surface area (TPSA) is 35.9 Å². The number of hydrazone groups is 1. The molecule has 0 heterocycles. The molecule has 5 aromatic rings. The van der Waals surface area contributed by atoms with Crippen molar-refractivity contribution in [2.45, 2.75) is 13.8 Å². The van der Waals surface area contributed by atoms with Gasteiger partial charge in [0.05, 0.1) is 17.6 Å². The van der Waals surface area contributed by atoms with Crippen molar-refractivity contribution in [3.63, 3.8) is 0 Å². The van der Waals surface area contributed by atoms with Crippen LogP contribution in [0.1, 0.15) is 27.0 Å². The molecule has 0 aliphatic carbocycles. The Hall–Kier alpha value is -4.96. The molecule has 0 radical (unpaired) electrons. The summed E-state index contributed by atoms with van der Waals surface area (Å²) in [5.41, 5.74) is 9.16. The molecular weight excluding hydrogens is 466 g/mol. The van der Waals surface area contributed by atoms with Gasteiger partial charge in [-0.05, 0) is 92.2 Å². The molecule has 0 atom stereocenters. The second-order valence-electron chi connectivity index (χ2n) is 9.20. The summed E-state index contributed by atoms with van der Waals surface area (Å²) in [5, 5.41) is 6.68. The second-order valence-corrected chi connectivity index (χ2v) is 9.20. The minimum absolute atomic E-state index is 0.632. The predicted molar refractivity (Wildman–Crippen MR) is 159 cm³/mol. The van der Waals surface area contributed by atoms with E-state index in [1.807, 2.05) is 53.7 Å². The molecule has 0 amide bonds. The monoisotopic (exact) mass is 495 g/mol. The first-order valence-electron chi connectivity index (χ1n) is 12.6. The summed E-state index contributed by atoms with van der Waals surface area (Å²) in [6.45, 7) is 4.20. The van der Waals surface area contributed by atoms with Gasteiger partial charge in [0.15, 0.2) is 0 Å². The number of benzene rings is 5. The van der Waals surface area contributed by atoms with Gasteiger partial charge in [0.2, 0.25) is 0 Å². The number of anilines is 5. The van der Waals surface area contributed by atoms with Crippen molar-refractivity contribution in [2.75, 3.05) is 9.91 Å². The molecule has 186 valence electrons. The number of para-hydroxylation sites is 1. The largest absolute Gasteiger partial charge is 0.311 e. The fourth-order valence-electron chi connectivity index (χ4n) is 4.21. The Bertz CT molecular complexity index is 1460. The summed E-state index contributed by atoms with van der Waals surface area (Å²) in [6, 6.07) is 42.9. The van der Waals surface area contributed by atoms with E-state index in [1.165, 1.54) is 11.1 Å². The van der Waals surface area contributed by atoms with Crippen LogP contribution < -0.4 is 9.91 Å². The van der Waals surface area contributed by atoms with Gasteiger partial charge in [0.25, 0.3) is 0 Å². The zero-order valence-corrected chi connectivity index (χ0v) is 21.5. The molecule has 0 saturated heterocycles. The highest BCUT2D eigenvalue weighted by atomic mass is 16.1. The van der Waals surface area contributed by atoms with Crippen LogP contribution in [0.5, 0.6) is 0 Å². The van der Waals surface area contributed by atoms with E-state index >= 15 is 0 Å². The first kappa shape index (κ1) is 24.7. The highest BCUT2D eigenvalue weighted by molar-refractivity contribution is 5.84. The van der Waals surface area contributed by atoms with Crippen LogP contribution in [0.3, 0.4) is 0 Å². The van der Waals surface area contributed by atoms with Gasteiger partial charge in [-0.2, -0.15) is 5.10 Å². The first-order chi connectivity index (χ1) is 18.6. The quantitative estimate of drug-likeness (QED) is 0.123. The van der Waals surface area contributed by atoms with Gasteiger partial charge in [0, 0.05) is 22.6 Å². The van der Waals surface area contributed by atoms with Crippen LogP contribution >= 0.6 is 0 Å². The van der Waals surface area contributed by atoms with Crippen LogP contribution in [0.25, 0.3) is 0 Å². The van der Waals surface area contributed by atoms with Crippen LogP contribution in [0.2, 0.25) is 0 Å². The van der Waals surface area contributed by atoms with Gasteiger partial charge in [-0.25, -0.2) is 5.01 Å². The average Bonchev–Trinajstić information content (AvgIpc) is 2.97. The van der Waals surface area contributed by atoms with Crippen molar-refractivity contribution >= 4 is 40.9 Å². The maximum atomic E-state index is 11.1. The summed E-state index contributed by atoms with van der Waals surface area (Å²) in [5.74, 6) is 0. The van der Waals surface area contributed by atoms with Crippen molar-refractivity contribution in [1.82, 2.24) is 0 Å². The fraction of sp³-hybridized carbons (Fsp3) is 0.0588. The number of carbonyl (C=O) groups excluding carboxylic acids is 1. The number of hydrogen-bond acceptors (Lipinski definition) is 4. The Morgan fingerprint density at radius 3 is 1.42 bits per heavy atom. The van der Waals surface area contributed by atoms with Crippen LogP contribution in [-0.4, -0.2) is 12.5 Å². The summed E-state index contributed by atoms with van der Waals surface area (Å²) in [4.78, 5) is 13.4. The molecular formula is C34H29N3O. The SMILES string of the molecule is Cc1ccc(N(c2ccc(C)cc2)c2ccc(/C=N/N(c3ccccc3)c3ccc(C=O)cc3)cc2)cc1. The molecule has 5 rings (SSSR count). The average molecular weight is 496 g/mol. The van der Waals surface area contributed by atoms with Gasteiger partial charge in [-0.15, -0.1) is 0 Å². The fourth-order valence-corrected chi connectivity index (χ4v) is 4.21.